The number of hydrogen-bond donors (Lipinski definition) is 0. The summed E-state index contributed by atoms with van der Waals surface area (Å²) in [6.07, 6.45) is 0. The van der Waals surface area contributed by atoms with Crippen LogP contribution in [-0.2, 0) is 0 Å². The van der Waals surface area contributed by atoms with Crippen LogP contribution < -0.4 is 0 Å². The molecule has 9 aromatic carbocycles. The molecule has 0 spiro atoms. The first-order valence-electron chi connectivity index (χ1n) is 20.8. The first-order valence-corrected chi connectivity index (χ1v) is 21.7. The summed E-state index contributed by atoms with van der Waals surface area (Å²) in [6.45, 7) is 0. The Hall–Kier alpha value is -7.99. The normalized spacial score (nSPS) is 11.5. The monoisotopic (exact) mass is 808 g/mol. The maximum absolute atomic E-state index is 5.32. The quantitative estimate of drug-likeness (QED) is 0.161. The van der Waals surface area contributed by atoms with Crippen molar-refractivity contribution < 1.29 is 0 Å². The van der Waals surface area contributed by atoms with E-state index in [4.69, 9.17) is 15.0 Å². The standard InChI is InChI=1S/C57H36N4S/c1-4-16-37(17-5-1)44-32-30-42(35-52(44)61-50-25-13-10-22-45(50)46-23-11-14-26-51(46)61)57-59-55(39-20-8-3-9-21-39)58-56(60-57)41-29-31-43(49(34-41)38-18-6-2-7-19-38)40-28-33-48-47-24-12-15-27-53(47)62-54(48)36-40/h1-36H. The van der Waals surface area contributed by atoms with Crippen molar-refractivity contribution in [2.24, 2.45) is 0 Å². The van der Waals surface area contributed by atoms with Gasteiger partial charge in [-0.2, -0.15) is 0 Å². The SMILES string of the molecule is c1ccc(-c2nc(-c3ccc(-c4ccc5c(c4)sc4ccccc45)c(-c4ccccc4)c3)nc(-c3ccc(-c4ccccc4)c(-n4c5ccccc5c5ccccc54)c3)n2)cc1. The van der Waals surface area contributed by atoms with E-state index in [1.54, 1.807) is 0 Å². The molecule has 0 radical (unpaired) electrons. The van der Waals surface area contributed by atoms with Gasteiger partial charge in [-0.05, 0) is 64.2 Å². The zero-order valence-corrected chi connectivity index (χ0v) is 34.3. The van der Waals surface area contributed by atoms with Gasteiger partial charge in [0.05, 0.1) is 16.7 Å². The minimum atomic E-state index is 0.607. The topological polar surface area (TPSA) is 43.6 Å². The molecule has 0 aliphatic heterocycles. The molecule has 5 heteroatoms. The lowest BCUT2D eigenvalue weighted by molar-refractivity contribution is 1.07. The predicted octanol–water partition coefficient (Wildman–Crippen LogP) is 15.3. The Morgan fingerprint density at radius 2 is 0.758 bits per heavy atom. The molecule has 0 aliphatic rings. The Balaban J connectivity index is 1.06. The number of rotatable bonds is 7. The molecule has 12 rings (SSSR count). The fraction of sp³-hybridized carbons (Fsp3) is 0. The van der Waals surface area contributed by atoms with Crippen LogP contribution in [0.5, 0.6) is 0 Å². The molecule has 3 aromatic heterocycles. The smallest absolute Gasteiger partial charge is 0.164 e. The highest BCUT2D eigenvalue weighted by molar-refractivity contribution is 7.25. The molecular formula is C57H36N4S. The second-order valence-electron chi connectivity index (χ2n) is 15.6. The van der Waals surface area contributed by atoms with Crippen LogP contribution in [0.1, 0.15) is 0 Å². The first-order chi connectivity index (χ1) is 30.7. The second kappa shape index (κ2) is 14.9. The van der Waals surface area contributed by atoms with E-state index in [1.807, 2.05) is 29.5 Å². The number of nitrogens with zero attached hydrogens (tertiary/aromatic N) is 4. The van der Waals surface area contributed by atoms with Crippen molar-refractivity contribution >= 4 is 53.3 Å². The third-order valence-electron chi connectivity index (χ3n) is 11.9. The van der Waals surface area contributed by atoms with E-state index in [1.165, 1.54) is 36.5 Å². The largest absolute Gasteiger partial charge is 0.309 e. The van der Waals surface area contributed by atoms with Gasteiger partial charge < -0.3 is 4.57 Å². The van der Waals surface area contributed by atoms with E-state index < -0.39 is 0 Å². The minimum Gasteiger partial charge on any atom is -0.309 e. The summed E-state index contributed by atoms with van der Waals surface area (Å²) in [7, 11) is 0. The van der Waals surface area contributed by atoms with E-state index in [0.29, 0.717) is 17.5 Å². The number of aromatic nitrogens is 4. The van der Waals surface area contributed by atoms with Crippen molar-refractivity contribution in [3.63, 3.8) is 0 Å². The van der Waals surface area contributed by atoms with E-state index >= 15 is 0 Å². The van der Waals surface area contributed by atoms with Gasteiger partial charge >= 0.3 is 0 Å². The maximum atomic E-state index is 5.32. The molecule has 12 aromatic rings. The van der Waals surface area contributed by atoms with Crippen LogP contribution in [0.25, 0.3) is 115 Å². The summed E-state index contributed by atoms with van der Waals surface area (Å²) in [5.41, 5.74) is 12.9. The van der Waals surface area contributed by atoms with Gasteiger partial charge in [-0.3, -0.25) is 0 Å². The lowest BCUT2D eigenvalue weighted by Gasteiger charge is -2.17. The van der Waals surface area contributed by atoms with Crippen molar-refractivity contribution in [3.8, 4) is 73.2 Å². The predicted molar refractivity (Wildman–Crippen MR) is 260 cm³/mol. The Morgan fingerprint density at radius 3 is 1.40 bits per heavy atom. The summed E-state index contributed by atoms with van der Waals surface area (Å²) in [4.78, 5) is 15.7. The maximum Gasteiger partial charge on any atom is 0.164 e. The zero-order chi connectivity index (χ0) is 41.0. The molecule has 0 fully saturated rings. The molecule has 0 amide bonds. The highest BCUT2D eigenvalue weighted by Crippen LogP contribution is 2.42. The fourth-order valence-corrected chi connectivity index (χ4v) is 10.1. The Kier molecular flexibility index (Phi) is 8.65. The van der Waals surface area contributed by atoms with E-state index in [2.05, 4.69) is 205 Å². The summed E-state index contributed by atoms with van der Waals surface area (Å²) in [5.74, 6) is 1.84. The third kappa shape index (κ3) is 6.18. The van der Waals surface area contributed by atoms with E-state index in [-0.39, 0.29) is 0 Å². The van der Waals surface area contributed by atoms with E-state index in [9.17, 15) is 0 Å². The molecule has 0 aliphatic carbocycles. The van der Waals surface area contributed by atoms with Crippen LogP contribution >= 0.6 is 11.3 Å². The average Bonchev–Trinajstić information content (AvgIpc) is 3.90. The number of hydrogen-bond acceptors (Lipinski definition) is 4. The first kappa shape index (κ1) is 35.9. The van der Waals surface area contributed by atoms with Crippen LogP contribution in [0.3, 0.4) is 0 Å². The Labute approximate surface area is 362 Å². The lowest BCUT2D eigenvalue weighted by atomic mass is 9.92. The van der Waals surface area contributed by atoms with E-state index in [0.717, 1.165) is 61.2 Å². The number of para-hydroxylation sites is 2. The Morgan fingerprint density at radius 1 is 0.290 bits per heavy atom. The van der Waals surface area contributed by atoms with Crippen LogP contribution in [0.4, 0.5) is 0 Å². The van der Waals surface area contributed by atoms with Crippen LogP contribution in [-0.4, -0.2) is 19.5 Å². The second-order valence-corrected chi connectivity index (χ2v) is 16.7. The molecule has 0 unspecified atom stereocenters. The fourth-order valence-electron chi connectivity index (χ4n) is 8.94. The lowest BCUT2D eigenvalue weighted by Crippen LogP contribution is -2.02. The van der Waals surface area contributed by atoms with Gasteiger partial charge in [-0.1, -0.05) is 182 Å². The van der Waals surface area contributed by atoms with Gasteiger partial charge in [0.1, 0.15) is 0 Å². The van der Waals surface area contributed by atoms with Crippen molar-refractivity contribution in [1.82, 2.24) is 19.5 Å². The number of fused-ring (bicyclic) bond motifs is 6. The summed E-state index contributed by atoms with van der Waals surface area (Å²) in [5, 5.41) is 5.01. The molecule has 3 heterocycles. The molecule has 0 saturated carbocycles. The zero-order valence-electron chi connectivity index (χ0n) is 33.5. The molecule has 4 nitrogen and oxygen atoms in total. The summed E-state index contributed by atoms with van der Waals surface area (Å²) in [6, 6.07) is 77.5. The highest BCUT2D eigenvalue weighted by Gasteiger charge is 2.20. The van der Waals surface area contributed by atoms with Crippen LogP contribution in [0.2, 0.25) is 0 Å². The Bertz CT molecular complexity index is 3580. The number of thiophene rings is 1. The van der Waals surface area contributed by atoms with Gasteiger partial charge in [-0.25, -0.2) is 15.0 Å². The van der Waals surface area contributed by atoms with Crippen LogP contribution in [0, 0.1) is 0 Å². The van der Waals surface area contributed by atoms with Crippen molar-refractivity contribution in [3.05, 3.63) is 218 Å². The minimum absolute atomic E-state index is 0.607. The average molecular weight is 809 g/mol. The van der Waals surface area contributed by atoms with Crippen LogP contribution in [0.15, 0.2) is 218 Å². The molecule has 0 saturated heterocycles. The van der Waals surface area contributed by atoms with Gasteiger partial charge in [0.2, 0.25) is 0 Å². The number of benzene rings is 9. The van der Waals surface area contributed by atoms with Crippen molar-refractivity contribution in [1.29, 1.82) is 0 Å². The highest BCUT2D eigenvalue weighted by atomic mass is 32.1. The summed E-state index contributed by atoms with van der Waals surface area (Å²) >= 11 is 1.84. The van der Waals surface area contributed by atoms with Gasteiger partial charge in [0, 0.05) is 53.2 Å². The van der Waals surface area contributed by atoms with Gasteiger partial charge in [0.15, 0.2) is 17.5 Å². The van der Waals surface area contributed by atoms with Crippen molar-refractivity contribution in [2.75, 3.05) is 0 Å². The van der Waals surface area contributed by atoms with Crippen molar-refractivity contribution in [2.45, 2.75) is 0 Å². The van der Waals surface area contributed by atoms with Gasteiger partial charge in [-0.15, -0.1) is 11.3 Å². The van der Waals surface area contributed by atoms with Gasteiger partial charge in [0.25, 0.3) is 0 Å². The molecule has 0 atom stereocenters. The molecule has 0 N–H and O–H groups in total. The third-order valence-corrected chi connectivity index (χ3v) is 13.0. The summed E-state index contributed by atoms with van der Waals surface area (Å²) < 4.78 is 4.97. The molecule has 62 heavy (non-hydrogen) atoms. The molecule has 0 bridgehead atoms. The molecular weight excluding hydrogens is 773 g/mol. The molecule has 290 valence electrons.